The number of halogens is 4. The van der Waals surface area contributed by atoms with Crippen LogP contribution in [-0.4, -0.2) is 95.7 Å². The summed E-state index contributed by atoms with van der Waals surface area (Å²) in [4.78, 5) is 50.7. The van der Waals surface area contributed by atoms with Gasteiger partial charge in [-0.25, -0.2) is 23.2 Å². The molecule has 2 aliphatic rings. The number of thiophene rings is 2. The van der Waals surface area contributed by atoms with Crippen LogP contribution in [0.4, 0.5) is 30.2 Å². The molecule has 296 valence electrons. The number of esters is 2. The Hall–Kier alpha value is -4.52. The molecule has 2 saturated heterocycles. The van der Waals surface area contributed by atoms with Gasteiger partial charge in [-0.05, 0) is 50.2 Å². The number of carbonyl (C=O) groups is 4. The maximum Gasteiger partial charge on any atom is 0.349 e. The summed E-state index contributed by atoms with van der Waals surface area (Å²) in [5.74, 6) is -3.64. The first-order valence-corrected chi connectivity index (χ1v) is 18.8. The number of hydrogen-bond donors (Lipinski definition) is 3. The SMILES string of the molecule is COC(=O)c1sc(N)c(C)c1Cl.COC(=O)c1sc(NC(=O)c2cc(F)cc(N3CCOCC3)c2)c(C)c1Cl.O=C(O)c1cc(F)cc(N2CCOCC2)c1. The summed E-state index contributed by atoms with van der Waals surface area (Å²) >= 11 is 14.1. The average molecular weight is 844 g/mol. The number of nitrogens with one attached hydrogen (secondary N) is 1. The number of carboxylic acids is 1. The highest BCUT2D eigenvalue weighted by atomic mass is 35.5. The third-order valence-corrected chi connectivity index (χ3v) is 11.6. The predicted octanol–water partition coefficient (Wildman–Crippen LogP) is 7.16. The summed E-state index contributed by atoms with van der Waals surface area (Å²) < 4.78 is 47.0. The van der Waals surface area contributed by atoms with E-state index in [0.29, 0.717) is 89.4 Å². The Morgan fingerprint density at radius 3 is 1.62 bits per heavy atom. The molecular weight excluding hydrogens is 805 g/mol. The molecule has 0 radical (unpaired) electrons. The topological polar surface area (TPSA) is 170 Å². The van der Waals surface area contributed by atoms with Gasteiger partial charge >= 0.3 is 17.9 Å². The third-order valence-electron chi connectivity index (χ3n) is 8.18. The van der Waals surface area contributed by atoms with Crippen LogP contribution >= 0.6 is 45.9 Å². The molecule has 0 unspecified atom stereocenters. The number of nitrogen functional groups attached to an aromatic ring is 1. The second-order valence-electron chi connectivity index (χ2n) is 11.8. The number of aromatic carboxylic acids is 1. The van der Waals surface area contributed by atoms with E-state index >= 15 is 0 Å². The molecule has 0 spiro atoms. The smallest absolute Gasteiger partial charge is 0.349 e. The zero-order valence-electron chi connectivity index (χ0n) is 30.1. The van der Waals surface area contributed by atoms with Gasteiger partial charge in [-0.2, -0.15) is 0 Å². The van der Waals surface area contributed by atoms with Crippen molar-refractivity contribution >= 4 is 91.1 Å². The largest absolute Gasteiger partial charge is 0.478 e. The molecule has 0 saturated carbocycles. The van der Waals surface area contributed by atoms with Gasteiger partial charge in [0.15, 0.2) is 0 Å². The Morgan fingerprint density at radius 1 is 0.745 bits per heavy atom. The van der Waals surface area contributed by atoms with Crippen LogP contribution in [0.15, 0.2) is 36.4 Å². The van der Waals surface area contributed by atoms with Crippen LogP contribution in [0.5, 0.6) is 0 Å². The van der Waals surface area contributed by atoms with E-state index in [1.807, 2.05) is 9.80 Å². The molecular formula is C36H38Cl2F2N4O9S2. The molecule has 1 amide bonds. The van der Waals surface area contributed by atoms with Gasteiger partial charge in [-0.1, -0.05) is 23.2 Å². The number of nitrogens with two attached hydrogens (primary N) is 1. The molecule has 2 aromatic heterocycles. The lowest BCUT2D eigenvalue weighted by Crippen LogP contribution is -2.36. The second-order valence-corrected chi connectivity index (χ2v) is 14.6. The Balaban J connectivity index is 0.000000203. The fourth-order valence-corrected chi connectivity index (χ4v) is 7.75. The minimum absolute atomic E-state index is 0.0264. The summed E-state index contributed by atoms with van der Waals surface area (Å²) in [6.07, 6.45) is 0. The monoisotopic (exact) mass is 842 g/mol. The molecule has 2 aliphatic heterocycles. The van der Waals surface area contributed by atoms with Crippen molar-refractivity contribution in [2.24, 2.45) is 0 Å². The van der Waals surface area contributed by atoms with Gasteiger partial charge in [0.1, 0.15) is 26.4 Å². The first-order chi connectivity index (χ1) is 26.1. The van der Waals surface area contributed by atoms with Crippen LogP contribution < -0.4 is 20.9 Å². The van der Waals surface area contributed by atoms with Gasteiger partial charge < -0.3 is 44.9 Å². The average Bonchev–Trinajstić information content (AvgIpc) is 3.62. The minimum atomic E-state index is -1.12. The molecule has 0 aliphatic carbocycles. The molecule has 4 aromatic rings. The van der Waals surface area contributed by atoms with Gasteiger partial charge in [-0.15, -0.1) is 22.7 Å². The molecule has 0 atom stereocenters. The van der Waals surface area contributed by atoms with E-state index < -0.39 is 35.4 Å². The second kappa shape index (κ2) is 19.9. The number of carboxylic acid groups (broad SMARTS) is 1. The highest BCUT2D eigenvalue weighted by molar-refractivity contribution is 7.19. The Kier molecular flexibility index (Phi) is 15.6. The van der Waals surface area contributed by atoms with Crippen LogP contribution in [0, 0.1) is 25.5 Å². The van der Waals surface area contributed by atoms with Gasteiger partial charge in [0.25, 0.3) is 5.91 Å². The Labute approximate surface area is 333 Å². The van der Waals surface area contributed by atoms with Crippen molar-refractivity contribution < 1.29 is 52.0 Å². The van der Waals surface area contributed by atoms with Crippen molar-refractivity contribution in [3.8, 4) is 0 Å². The van der Waals surface area contributed by atoms with E-state index in [0.717, 1.165) is 34.3 Å². The normalized spacial score (nSPS) is 13.8. The number of ether oxygens (including phenoxy) is 4. The van der Waals surface area contributed by atoms with Gasteiger partial charge in [0, 0.05) is 54.2 Å². The number of amides is 1. The quantitative estimate of drug-likeness (QED) is 0.161. The third kappa shape index (κ3) is 11.3. The first kappa shape index (κ1) is 43.2. The first-order valence-electron chi connectivity index (χ1n) is 16.5. The number of hydrogen-bond acceptors (Lipinski definition) is 13. The summed E-state index contributed by atoms with van der Waals surface area (Å²) in [6.45, 7) is 8.30. The molecule has 4 N–H and O–H groups in total. The van der Waals surface area contributed by atoms with E-state index in [1.54, 1.807) is 19.9 Å². The Bertz CT molecular complexity index is 2030. The van der Waals surface area contributed by atoms with Crippen molar-refractivity contribution in [1.29, 1.82) is 0 Å². The van der Waals surface area contributed by atoms with Gasteiger partial charge in [0.2, 0.25) is 0 Å². The lowest BCUT2D eigenvalue weighted by molar-refractivity contribution is 0.0597. The van der Waals surface area contributed by atoms with E-state index in [-0.39, 0.29) is 21.0 Å². The fraction of sp³-hybridized carbons (Fsp3) is 0.333. The van der Waals surface area contributed by atoms with E-state index in [1.165, 1.54) is 38.5 Å². The summed E-state index contributed by atoms with van der Waals surface area (Å²) in [7, 11) is 2.57. The highest BCUT2D eigenvalue weighted by Gasteiger charge is 2.23. The van der Waals surface area contributed by atoms with Crippen LogP contribution in [0.3, 0.4) is 0 Å². The van der Waals surface area contributed by atoms with Crippen molar-refractivity contribution in [3.63, 3.8) is 0 Å². The van der Waals surface area contributed by atoms with Crippen molar-refractivity contribution in [3.05, 3.63) is 90.1 Å². The molecule has 2 aromatic carbocycles. The molecule has 0 bridgehead atoms. The molecule has 13 nitrogen and oxygen atoms in total. The number of benzene rings is 2. The van der Waals surface area contributed by atoms with Crippen molar-refractivity contribution in [2.75, 3.05) is 87.7 Å². The Morgan fingerprint density at radius 2 is 1.18 bits per heavy atom. The molecule has 4 heterocycles. The predicted molar refractivity (Wildman–Crippen MR) is 209 cm³/mol. The molecule has 6 rings (SSSR count). The highest BCUT2D eigenvalue weighted by Crippen LogP contribution is 2.37. The zero-order chi connectivity index (χ0) is 40.4. The molecule has 2 fully saturated rings. The summed E-state index contributed by atoms with van der Waals surface area (Å²) in [6, 6.07) is 8.05. The number of rotatable bonds is 7. The minimum Gasteiger partial charge on any atom is -0.478 e. The van der Waals surface area contributed by atoms with Gasteiger partial charge in [0.05, 0.1) is 61.3 Å². The maximum absolute atomic E-state index is 14.1. The zero-order valence-corrected chi connectivity index (χ0v) is 33.3. The number of nitrogens with zero attached hydrogens (tertiary/aromatic N) is 2. The van der Waals surface area contributed by atoms with E-state index in [4.69, 9.17) is 43.5 Å². The van der Waals surface area contributed by atoms with Crippen LogP contribution in [-0.2, 0) is 18.9 Å². The van der Waals surface area contributed by atoms with Crippen LogP contribution in [0.1, 0.15) is 51.2 Å². The standard InChI is InChI=1S/C18H18ClFN2O4S.C11H12FNO3.C7H8ClNO2S/c1-10-14(19)15(18(24)25-2)27-17(10)21-16(23)11-7-12(20)9-13(8-11)22-3-5-26-6-4-22;12-9-5-8(11(14)15)6-10(7-9)13-1-3-16-4-2-13;1-3-4(8)5(7(10)11-2)12-6(3)9/h7-9H,3-6H2,1-2H3,(H,21,23);5-7H,1-4H2,(H,14,15);9H2,1-2H3. The van der Waals surface area contributed by atoms with Crippen LogP contribution in [0.2, 0.25) is 10.0 Å². The van der Waals surface area contributed by atoms with Crippen molar-refractivity contribution in [1.82, 2.24) is 0 Å². The molecule has 19 heteroatoms. The molecule has 55 heavy (non-hydrogen) atoms. The fourth-order valence-electron chi connectivity index (χ4n) is 5.16. The number of methoxy groups -OCH3 is 2. The number of carbonyl (C=O) groups excluding carboxylic acids is 3. The van der Waals surface area contributed by atoms with Gasteiger partial charge in [-0.3, -0.25) is 4.79 Å². The maximum atomic E-state index is 14.1. The lowest BCUT2D eigenvalue weighted by atomic mass is 10.1. The summed E-state index contributed by atoms with van der Waals surface area (Å²) in [5.41, 5.74) is 8.23. The summed E-state index contributed by atoms with van der Waals surface area (Å²) in [5, 5.41) is 13.1. The van der Waals surface area contributed by atoms with E-state index in [9.17, 15) is 28.0 Å². The van der Waals surface area contributed by atoms with E-state index in [2.05, 4.69) is 14.8 Å². The van der Waals surface area contributed by atoms with Crippen LogP contribution in [0.25, 0.3) is 0 Å². The number of morpholine rings is 2. The number of anilines is 4. The lowest BCUT2D eigenvalue weighted by Gasteiger charge is -2.29. The van der Waals surface area contributed by atoms with Crippen molar-refractivity contribution in [2.45, 2.75) is 13.8 Å².